The van der Waals surface area contributed by atoms with Gasteiger partial charge < -0.3 is 44.7 Å². The summed E-state index contributed by atoms with van der Waals surface area (Å²) in [5, 5.41) is 50.7. The second-order valence-electron chi connectivity index (χ2n) is 16.0. The van der Waals surface area contributed by atoms with Gasteiger partial charge in [0, 0.05) is 112 Å². The minimum Gasteiger partial charge on any atom is -0.456 e. The molecule has 2 bridgehead atoms. The van der Waals surface area contributed by atoms with Crippen molar-refractivity contribution in [1.82, 2.24) is 5.32 Å². The van der Waals surface area contributed by atoms with E-state index in [4.69, 9.17) is 18.9 Å². The molecule has 0 aromatic heterocycles. The number of amides is 1. The number of aliphatic hydroxyl groups is 4. The summed E-state index contributed by atoms with van der Waals surface area (Å²) in [6, 6.07) is -1.20. The Morgan fingerprint density at radius 2 is 1.76 bits per heavy atom. The first-order chi connectivity index (χ1) is 22.0. The molecular formula is C35H55Ac2NO11S. The van der Waals surface area contributed by atoms with E-state index in [2.05, 4.69) is 5.32 Å². The van der Waals surface area contributed by atoms with Gasteiger partial charge in [0.1, 0.15) is 23.4 Å². The van der Waals surface area contributed by atoms with Crippen LogP contribution >= 0.6 is 11.8 Å². The molecule has 11 atom stereocenters. The SMILES string of the molecule is CSCOC1CC2OCC2(O)C2[C@H](C)C3(O)CC(OC(=O)C(O)C(C=C(C)C)NC(=O)OC(C)(C)C)C(C)=C(C(O)C(=O)[C@]12C)C3(C)C.[Ac].[Ac]. The molecule has 15 heteroatoms. The number of carbonyl (C=O) groups is 3. The van der Waals surface area contributed by atoms with Crippen LogP contribution in [-0.4, -0.2) is 110 Å². The Hall–Kier alpha value is 0.883. The van der Waals surface area contributed by atoms with E-state index in [1.807, 2.05) is 6.26 Å². The number of ketones is 1. The van der Waals surface area contributed by atoms with E-state index in [1.165, 1.54) is 17.8 Å². The van der Waals surface area contributed by atoms with Gasteiger partial charge in [-0.15, -0.1) is 11.8 Å². The Labute approximate surface area is 372 Å². The van der Waals surface area contributed by atoms with E-state index in [0.29, 0.717) is 11.1 Å². The van der Waals surface area contributed by atoms with Crippen LogP contribution in [-0.2, 0) is 28.5 Å². The number of hydrogen-bond donors (Lipinski definition) is 5. The Morgan fingerprint density at radius 1 is 1.16 bits per heavy atom. The van der Waals surface area contributed by atoms with Gasteiger partial charge in [-0.3, -0.25) is 4.79 Å². The van der Waals surface area contributed by atoms with Crippen LogP contribution in [0.5, 0.6) is 0 Å². The van der Waals surface area contributed by atoms with Crippen LogP contribution in [0.2, 0.25) is 0 Å². The van der Waals surface area contributed by atoms with Crippen LogP contribution in [0.25, 0.3) is 0 Å². The summed E-state index contributed by atoms with van der Waals surface area (Å²) in [7, 11) is 0. The molecule has 1 saturated heterocycles. The maximum atomic E-state index is 14.6. The van der Waals surface area contributed by atoms with Gasteiger partial charge in [-0.2, -0.15) is 0 Å². The van der Waals surface area contributed by atoms with Crippen LogP contribution < -0.4 is 5.32 Å². The average molecular weight is 1150 g/mol. The first-order valence-corrected chi connectivity index (χ1v) is 18.0. The number of nitrogens with one attached hydrogen (secondary N) is 1. The quantitative estimate of drug-likeness (QED) is 0.137. The summed E-state index contributed by atoms with van der Waals surface area (Å²) in [6.07, 6.45) is -3.42. The second-order valence-corrected chi connectivity index (χ2v) is 16.9. The standard InChI is InChI=1S/C35H55NO11S.2Ac/c1-17(2)12-20(36-30(41)47-31(5,6)7)25(37)29(40)46-21-14-35(43)19(4)27-33(10,28(39)26(38)24(18(21)3)32(35,8)9)22(45-16-48-11)13-23-34(27,42)15-44-23;;/h12,19-23,25-27,37-38,42-43H,13-16H2,1-11H3,(H,36,41);;/t19-,20?,21?,22?,23?,25?,26?,27?,33+,34?,35?;;/m0../s1. The number of ether oxygens (including phenoxy) is 4. The van der Waals surface area contributed by atoms with Crippen molar-refractivity contribution in [3.8, 4) is 0 Å². The molecule has 3 aliphatic carbocycles. The number of hydrogen-bond acceptors (Lipinski definition) is 12. The summed E-state index contributed by atoms with van der Waals surface area (Å²) < 4.78 is 23.2. The first-order valence-electron chi connectivity index (χ1n) is 16.6. The van der Waals surface area contributed by atoms with Crippen molar-refractivity contribution in [2.24, 2.45) is 22.7 Å². The molecule has 0 spiro atoms. The summed E-state index contributed by atoms with van der Waals surface area (Å²) in [4.78, 5) is 40.8. The number of rotatable bonds is 8. The predicted molar refractivity (Wildman–Crippen MR) is 179 cm³/mol. The molecular weight excluding hydrogens is 1100 g/mol. The summed E-state index contributed by atoms with van der Waals surface area (Å²) in [5.74, 6) is -3.02. The number of aliphatic hydroxyl groups excluding tert-OH is 2. The molecule has 4 aliphatic rings. The van der Waals surface area contributed by atoms with Gasteiger partial charge in [0.25, 0.3) is 0 Å². The topological polar surface area (TPSA) is 181 Å². The molecule has 1 amide bonds. The van der Waals surface area contributed by atoms with Gasteiger partial charge in [-0.05, 0) is 71.8 Å². The maximum Gasteiger partial charge on any atom is 0.408 e. The van der Waals surface area contributed by atoms with Gasteiger partial charge in [-0.1, -0.05) is 32.4 Å². The number of esters is 1. The van der Waals surface area contributed by atoms with E-state index in [-0.39, 0.29) is 119 Å². The fourth-order valence-electron chi connectivity index (χ4n) is 8.85. The van der Waals surface area contributed by atoms with Gasteiger partial charge in [0.05, 0.1) is 41.8 Å². The fourth-order valence-corrected chi connectivity index (χ4v) is 9.15. The van der Waals surface area contributed by atoms with E-state index < -0.39 is 93.9 Å². The largest absolute Gasteiger partial charge is 0.456 e. The second kappa shape index (κ2) is 16.9. The first kappa shape index (κ1) is 47.0. The summed E-state index contributed by atoms with van der Waals surface area (Å²) in [6.45, 7) is 17.1. The van der Waals surface area contributed by atoms with Crippen LogP contribution in [0.3, 0.4) is 0 Å². The van der Waals surface area contributed by atoms with Gasteiger partial charge in [-0.25, -0.2) is 9.59 Å². The van der Waals surface area contributed by atoms with Crippen LogP contribution in [0.4, 0.5) is 4.79 Å². The third kappa shape index (κ3) is 8.35. The zero-order chi connectivity index (χ0) is 36.4. The number of fused-ring (bicyclic) bond motifs is 5. The summed E-state index contributed by atoms with van der Waals surface area (Å²) >= 11 is 1.44. The zero-order valence-corrected chi connectivity index (χ0v) is 41.5. The summed E-state index contributed by atoms with van der Waals surface area (Å²) in [5.41, 5.74) is -5.33. The predicted octanol–water partition coefficient (Wildman–Crippen LogP) is 3.04. The molecule has 0 aromatic rings. The van der Waals surface area contributed by atoms with Crippen molar-refractivity contribution < 1.29 is 142 Å². The zero-order valence-electron chi connectivity index (χ0n) is 31.2. The van der Waals surface area contributed by atoms with Crippen molar-refractivity contribution >= 4 is 29.6 Å². The minimum atomic E-state index is -1.85. The Kier molecular flexibility index (Phi) is 15.9. The van der Waals surface area contributed by atoms with E-state index in [0.717, 1.165) is 0 Å². The molecule has 50 heavy (non-hydrogen) atoms. The number of carbonyl (C=O) groups excluding carboxylic acids is 3. The number of alkyl carbamates (subject to hydrolysis) is 1. The van der Waals surface area contributed by atoms with E-state index in [1.54, 1.807) is 69.2 Å². The number of Topliss-reactive ketones (excluding diaryl/α,β-unsaturated/α-hetero) is 1. The van der Waals surface area contributed by atoms with Crippen LogP contribution in [0, 0.1) is 111 Å². The molecule has 1 heterocycles. The van der Waals surface area contributed by atoms with Crippen molar-refractivity contribution in [1.29, 1.82) is 0 Å². The molecule has 9 unspecified atom stereocenters. The van der Waals surface area contributed by atoms with Gasteiger partial charge >= 0.3 is 12.1 Å². The average Bonchev–Trinajstić information content (AvgIpc) is 2.95. The van der Waals surface area contributed by atoms with Crippen molar-refractivity contribution in [3.63, 3.8) is 0 Å². The Morgan fingerprint density at radius 3 is 2.26 bits per heavy atom. The monoisotopic (exact) mass is 1150 g/mol. The van der Waals surface area contributed by atoms with Crippen molar-refractivity contribution in [2.45, 2.75) is 135 Å². The number of thioether (sulfide) groups is 1. The molecule has 2 saturated carbocycles. The smallest absolute Gasteiger partial charge is 0.408 e. The normalized spacial score (nSPS) is 37.1. The molecule has 3 fully saturated rings. The maximum absolute atomic E-state index is 14.6. The number of allylic oxidation sites excluding steroid dienone is 1. The molecule has 4 rings (SSSR count). The molecule has 12 nitrogen and oxygen atoms in total. The molecule has 2 radical (unpaired) electrons. The van der Waals surface area contributed by atoms with Gasteiger partial charge in [0.2, 0.25) is 0 Å². The van der Waals surface area contributed by atoms with Crippen molar-refractivity contribution in [2.75, 3.05) is 18.8 Å². The van der Waals surface area contributed by atoms with Crippen molar-refractivity contribution in [3.05, 3.63) is 22.8 Å². The van der Waals surface area contributed by atoms with Crippen LogP contribution in [0.15, 0.2) is 22.8 Å². The third-order valence-corrected chi connectivity index (χ3v) is 11.6. The molecule has 0 aromatic carbocycles. The van der Waals surface area contributed by atoms with Gasteiger partial charge in [0.15, 0.2) is 11.9 Å². The van der Waals surface area contributed by atoms with E-state index >= 15 is 0 Å². The fraction of sp³-hybridized carbons (Fsp3) is 0.800. The minimum absolute atomic E-state index is 0. The molecule has 5 N–H and O–H groups in total. The molecule has 278 valence electrons. The van der Waals surface area contributed by atoms with Crippen LogP contribution in [0.1, 0.15) is 82.1 Å². The Bertz CT molecular complexity index is 1360. The Balaban J connectivity index is 0.00000433. The third-order valence-electron chi connectivity index (χ3n) is 11.2. The molecule has 1 aliphatic heterocycles. The van der Waals surface area contributed by atoms with E-state index in [9.17, 15) is 34.8 Å².